The molecule has 0 spiro atoms. The average molecular weight is 929 g/mol. The van der Waals surface area contributed by atoms with E-state index in [0.29, 0.717) is 19.3 Å². The SMILES string of the molecule is CC/C=C\C/C=C\C/C=C\C/C=C\C/C=C\C/C=C\CCC(=O)OCC(COC(=O)CCCCCCC/C=C\CCCCCCCC)OC(=O)CCCCCCC/C=C\C/C=C\CCCCC. The lowest BCUT2D eigenvalue weighted by atomic mass is 10.1. The van der Waals surface area contributed by atoms with Crippen molar-refractivity contribution in [2.24, 2.45) is 0 Å². The van der Waals surface area contributed by atoms with E-state index < -0.39 is 6.10 Å². The highest BCUT2D eigenvalue weighted by molar-refractivity contribution is 5.71. The topological polar surface area (TPSA) is 78.9 Å². The van der Waals surface area contributed by atoms with Gasteiger partial charge in [0.2, 0.25) is 0 Å². The number of rotatable bonds is 48. The second-order valence-electron chi connectivity index (χ2n) is 17.7. The van der Waals surface area contributed by atoms with Crippen LogP contribution in [-0.2, 0) is 28.6 Å². The van der Waals surface area contributed by atoms with Crippen molar-refractivity contribution in [3.63, 3.8) is 0 Å². The number of hydrogen-bond acceptors (Lipinski definition) is 6. The Balaban J connectivity index is 4.55. The lowest BCUT2D eigenvalue weighted by Gasteiger charge is -2.18. The predicted molar refractivity (Wildman–Crippen MR) is 288 cm³/mol. The van der Waals surface area contributed by atoms with E-state index in [9.17, 15) is 14.4 Å². The molecule has 0 heterocycles. The van der Waals surface area contributed by atoms with E-state index in [2.05, 4.69) is 124 Å². The normalized spacial score (nSPS) is 12.9. The van der Waals surface area contributed by atoms with Gasteiger partial charge in [0.15, 0.2) is 6.10 Å². The monoisotopic (exact) mass is 929 g/mol. The second kappa shape index (κ2) is 54.7. The van der Waals surface area contributed by atoms with Gasteiger partial charge in [-0.2, -0.15) is 0 Å². The van der Waals surface area contributed by atoms with Gasteiger partial charge in [-0.05, 0) is 116 Å². The van der Waals surface area contributed by atoms with Gasteiger partial charge in [-0.15, -0.1) is 0 Å². The lowest BCUT2D eigenvalue weighted by Crippen LogP contribution is -2.30. The molecular formula is C61H100O6. The van der Waals surface area contributed by atoms with Crippen LogP contribution < -0.4 is 0 Å². The van der Waals surface area contributed by atoms with E-state index in [1.807, 2.05) is 6.08 Å². The molecule has 0 radical (unpaired) electrons. The molecule has 67 heavy (non-hydrogen) atoms. The number of carbonyl (C=O) groups is 3. The van der Waals surface area contributed by atoms with Crippen LogP contribution in [0, 0.1) is 0 Å². The fraction of sp³-hybridized carbons (Fsp3) is 0.656. The summed E-state index contributed by atoms with van der Waals surface area (Å²) in [4.78, 5) is 38.0. The predicted octanol–water partition coefficient (Wildman–Crippen LogP) is 18.3. The molecule has 6 nitrogen and oxygen atoms in total. The smallest absolute Gasteiger partial charge is 0.306 e. The average Bonchev–Trinajstić information content (AvgIpc) is 3.33. The molecular weight excluding hydrogens is 829 g/mol. The summed E-state index contributed by atoms with van der Waals surface area (Å²) in [7, 11) is 0. The second-order valence-corrected chi connectivity index (χ2v) is 17.7. The number of esters is 3. The summed E-state index contributed by atoms with van der Waals surface area (Å²) in [5.74, 6) is -1.02. The Hall–Kier alpha value is -3.93. The van der Waals surface area contributed by atoms with Crippen LogP contribution in [0.3, 0.4) is 0 Å². The zero-order valence-corrected chi connectivity index (χ0v) is 43.4. The first-order chi connectivity index (χ1) is 33.0. The minimum absolute atomic E-state index is 0.113. The van der Waals surface area contributed by atoms with Gasteiger partial charge in [0, 0.05) is 19.3 Å². The molecule has 0 aliphatic carbocycles. The Kier molecular flexibility index (Phi) is 51.5. The molecule has 6 heteroatoms. The van der Waals surface area contributed by atoms with Crippen LogP contribution in [0.15, 0.2) is 109 Å². The van der Waals surface area contributed by atoms with Crippen molar-refractivity contribution in [2.45, 2.75) is 245 Å². The molecule has 0 N–H and O–H groups in total. The van der Waals surface area contributed by atoms with Crippen LogP contribution in [0.2, 0.25) is 0 Å². The van der Waals surface area contributed by atoms with Gasteiger partial charge in [0.25, 0.3) is 0 Å². The van der Waals surface area contributed by atoms with Gasteiger partial charge in [-0.3, -0.25) is 14.4 Å². The molecule has 0 aromatic heterocycles. The van der Waals surface area contributed by atoms with E-state index >= 15 is 0 Å². The van der Waals surface area contributed by atoms with Crippen LogP contribution in [0.5, 0.6) is 0 Å². The summed E-state index contributed by atoms with van der Waals surface area (Å²) in [6.45, 7) is 6.40. The zero-order chi connectivity index (χ0) is 48.6. The molecule has 0 aliphatic heterocycles. The molecule has 0 amide bonds. The summed E-state index contributed by atoms with van der Waals surface area (Å²) < 4.78 is 16.7. The molecule has 0 aliphatic rings. The Labute approximate surface area is 412 Å². The quantitative estimate of drug-likeness (QED) is 0.0262. The minimum atomic E-state index is -0.821. The third-order valence-electron chi connectivity index (χ3n) is 11.2. The number of carbonyl (C=O) groups excluding carboxylic acids is 3. The van der Waals surface area contributed by atoms with Gasteiger partial charge < -0.3 is 14.2 Å². The highest BCUT2D eigenvalue weighted by Gasteiger charge is 2.19. The van der Waals surface area contributed by atoms with Crippen molar-refractivity contribution in [1.82, 2.24) is 0 Å². The fourth-order valence-corrected chi connectivity index (χ4v) is 7.14. The van der Waals surface area contributed by atoms with Crippen molar-refractivity contribution in [2.75, 3.05) is 13.2 Å². The molecule has 0 saturated heterocycles. The first-order valence-corrected chi connectivity index (χ1v) is 27.4. The van der Waals surface area contributed by atoms with Crippen molar-refractivity contribution in [3.05, 3.63) is 109 Å². The zero-order valence-electron chi connectivity index (χ0n) is 43.4. The summed E-state index contributed by atoms with van der Waals surface area (Å²) in [5, 5.41) is 0. The van der Waals surface area contributed by atoms with Gasteiger partial charge in [0.05, 0.1) is 0 Å². The number of hydrogen-bond donors (Lipinski definition) is 0. The standard InChI is InChI=1S/C61H100O6/c1-4-7-10-13-16-19-22-25-28-29-30-31-34-36-39-42-45-48-51-54-60(63)66-57-58(67-61(64)55-52-49-46-43-40-37-33-27-24-21-18-15-12-9-6-3)56-65-59(62)53-50-47-44-41-38-35-32-26-23-20-17-14-11-8-5-2/h7,10,16,18-19,21,25-28,30-33,36,39,45,48,58H,4-6,8-9,11-15,17,20,22-24,29,34-35,37-38,40-44,46-47,49-57H2,1-3H3/b10-7-,19-16-,21-18-,28-25-,31-30-,32-26-,33-27-,39-36-,48-45-. The molecule has 0 fully saturated rings. The van der Waals surface area contributed by atoms with Crippen LogP contribution in [0.25, 0.3) is 0 Å². The fourth-order valence-electron chi connectivity index (χ4n) is 7.14. The molecule has 1 unspecified atom stereocenters. The van der Waals surface area contributed by atoms with Gasteiger partial charge in [-0.1, -0.05) is 214 Å². The number of allylic oxidation sites excluding steroid dienone is 18. The van der Waals surface area contributed by atoms with Crippen LogP contribution >= 0.6 is 0 Å². The van der Waals surface area contributed by atoms with E-state index in [1.165, 1.54) is 77.0 Å². The summed E-state index contributed by atoms with van der Waals surface area (Å²) in [6.07, 6.45) is 73.7. The molecule has 0 saturated carbocycles. The highest BCUT2D eigenvalue weighted by Crippen LogP contribution is 2.13. The Morgan fingerprint density at radius 3 is 1.04 bits per heavy atom. The third-order valence-corrected chi connectivity index (χ3v) is 11.2. The Morgan fingerprint density at radius 2 is 0.612 bits per heavy atom. The maximum absolute atomic E-state index is 12.8. The largest absolute Gasteiger partial charge is 0.462 e. The molecule has 0 rings (SSSR count). The molecule has 0 aromatic carbocycles. The Bertz CT molecular complexity index is 1390. The highest BCUT2D eigenvalue weighted by atomic mass is 16.6. The minimum Gasteiger partial charge on any atom is -0.462 e. The molecule has 0 bridgehead atoms. The van der Waals surface area contributed by atoms with Gasteiger partial charge in [0.1, 0.15) is 13.2 Å². The first-order valence-electron chi connectivity index (χ1n) is 27.4. The van der Waals surface area contributed by atoms with E-state index in [1.54, 1.807) is 0 Å². The van der Waals surface area contributed by atoms with Crippen molar-refractivity contribution in [1.29, 1.82) is 0 Å². The summed E-state index contributed by atoms with van der Waals surface area (Å²) >= 11 is 0. The van der Waals surface area contributed by atoms with Crippen molar-refractivity contribution in [3.8, 4) is 0 Å². The maximum atomic E-state index is 12.8. The Morgan fingerprint density at radius 1 is 0.313 bits per heavy atom. The summed E-state index contributed by atoms with van der Waals surface area (Å²) in [6, 6.07) is 0. The van der Waals surface area contributed by atoms with Gasteiger partial charge >= 0.3 is 17.9 Å². The molecule has 380 valence electrons. The molecule has 0 aromatic rings. The third kappa shape index (κ3) is 52.9. The lowest BCUT2D eigenvalue weighted by molar-refractivity contribution is -0.166. The van der Waals surface area contributed by atoms with Crippen molar-refractivity contribution >= 4 is 17.9 Å². The van der Waals surface area contributed by atoms with Crippen LogP contribution in [-0.4, -0.2) is 37.2 Å². The number of ether oxygens (including phenoxy) is 3. The van der Waals surface area contributed by atoms with Gasteiger partial charge in [-0.25, -0.2) is 0 Å². The number of unbranched alkanes of at least 4 members (excludes halogenated alkanes) is 19. The summed E-state index contributed by atoms with van der Waals surface area (Å²) in [5.41, 5.74) is 0. The maximum Gasteiger partial charge on any atom is 0.306 e. The first kappa shape index (κ1) is 63.1. The van der Waals surface area contributed by atoms with E-state index in [0.717, 1.165) is 116 Å². The van der Waals surface area contributed by atoms with Crippen LogP contribution in [0.4, 0.5) is 0 Å². The van der Waals surface area contributed by atoms with Crippen molar-refractivity contribution < 1.29 is 28.6 Å². The van der Waals surface area contributed by atoms with E-state index in [-0.39, 0.29) is 37.5 Å². The van der Waals surface area contributed by atoms with Crippen LogP contribution in [0.1, 0.15) is 239 Å². The van der Waals surface area contributed by atoms with E-state index in [4.69, 9.17) is 14.2 Å². The molecule has 1 atom stereocenters.